The van der Waals surface area contributed by atoms with E-state index < -0.39 is 5.54 Å². The zero-order valence-corrected chi connectivity index (χ0v) is 15.0. The van der Waals surface area contributed by atoms with E-state index in [-0.39, 0.29) is 17.9 Å². The Morgan fingerprint density at radius 1 is 1.12 bits per heavy atom. The predicted octanol–water partition coefficient (Wildman–Crippen LogP) is 2.50. The summed E-state index contributed by atoms with van der Waals surface area (Å²) in [6, 6.07) is 18.5. The van der Waals surface area contributed by atoms with Crippen LogP contribution in [0.1, 0.15) is 41.7 Å². The van der Waals surface area contributed by atoms with Gasteiger partial charge >= 0.3 is 0 Å². The zero-order valence-electron chi connectivity index (χ0n) is 15.0. The van der Waals surface area contributed by atoms with E-state index in [4.69, 9.17) is 5.73 Å². The van der Waals surface area contributed by atoms with E-state index in [1.807, 2.05) is 55.5 Å². The summed E-state index contributed by atoms with van der Waals surface area (Å²) in [5, 5.41) is 2.94. The van der Waals surface area contributed by atoms with Gasteiger partial charge in [-0.2, -0.15) is 0 Å². The highest BCUT2D eigenvalue weighted by atomic mass is 16.2. The minimum absolute atomic E-state index is 0.104. The van der Waals surface area contributed by atoms with Crippen LogP contribution in [0.5, 0.6) is 0 Å². The van der Waals surface area contributed by atoms with Gasteiger partial charge in [0.05, 0.1) is 0 Å². The van der Waals surface area contributed by atoms with Crippen LogP contribution in [-0.2, 0) is 4.79 Å². The average Bonchev–Trinajstić information content (AvgIpc) is 3.09. The number of nitrogens with two attached hydrogens (primary N) is 1. The molecule has 2 aromatic rings. The van der Waals surface area contributed by atoms with Crippen molar-refractivity contribution >= 4 is 11.8 Å². The molecule has 0 spiro atoms. The number of likely N-dealkylation sites (tertiary alicyclic amines) is 1. The second-order valence-electron chi connectivity index (χ2n) is 6.93. The predicted molar refractivity (Wildman–Crippen MR) is 101 cm³/mol. The molecule has 2 unspecified atom stereocenters. The molecule has 3 N–H and O–H groups in total. The first-order chi connectivity index (χ1) is 12.5. The van der Waals surface area contributed by atoms with Crippen LogP contribution in [0.25, 0.3) is 0 Å². The maximum absolute atomic E-state index is 12.9. The summed E-state index contributed by atoms with van der Waals surface area (Å²) in [4.78, 5) is 27.4. The third kappa shape index (κ3) is 3.63. The minimum atomic E-state index is -0.844. The van der Waals surface area contributed by atoms with Crippen LogP contribution in [-0.4, -0.2) is 35.3 Å². The van der Waals surface area contributed by atoms with Crippen LogP contribution in [0, 0.1) is 0 Å². The quantitative estimate of drug-likeness (QED) is 0.869. The molecule has 5 heteroatoms. The molecule has 1 saturated heterocycles. The van der Waals surface area contributed by atoms with Gasteiger partial charge < -0.3 is 16.0 Å². The van der Waals surface area contributed by atoms with Gasteiger partial charge in [-0.05, 0) is 37.5 Å². The monoisotopic (exact) mass is 351 g/mol. The van der Waals surface area contributed by atoms with Gasteiger partial charge in [0.15, 0.2) is 0 Å². The number of nitrogens with one attached hydrogen (secondary N) is 1. The second kappa shape index (κ2) is 7.70. The highest BCUT2D eigenvalue weighted by molar-refractivity contribution is 5.99. The van der Waals surface area contributed by atoms with Crippen molar-refractivity contribution in [2.45, 2.75) is 31.3 Å². The first kappa shape index (κ1) is 18.1. The van der Waals surface area contributed by atoms with Gasteiger partial charge in [-0.25, -0.2) is 0 Å². The van der Waals surface area contributed by atoms with Crippen molar-refractivity contribution in [3.63, 3.8) is 0 Å². The van der Waals surface area contributed by atoms with Crippen LogP contribution in [0.15, 0.2) is 60.7 Å². The molecule has 0 aliphatic carbocycles. The standard InChI is InChI=1S/C21H25N3O2/c1-21(20(26)23-15-18(22)16-9-4-2-5-10-16)13-8-14-24(21)19(25)17-11-6-3-7-12-17/h2-7,9-12,18H,8,13-15,22H2,1H3,(H,23,26). The van der Waals surface area contributed by atoms with Crippen molar-refractivity contribution in [1.82, 2.24) is 10.2 Å². The van der Waals surface area contributed by atoms with Gasteiger partial charge in [-0.1, -0.05) is 48.5 Å². The molecule has 0 aromatic heterocycles. The maximum Gasteiger partial charge on any atom is 0.254 e. The number of benzene rings is 2. The number of hydrogen-bond donors (Lipinski definition) is 2. The molecule has 2 amide bonds. The molecule has 1 heterocycles. The average molecular weight is 351 g/mol. The number of nitrogens with zero attached hydrogens (tertiary/aromatic N) is 1. The molecule has 2 atom stereocenters. The molecule has 0 radical (unpaired) electrons. The summed E-state index contributed by atoms with van der Waals surface area (Å²) in [6.07, 6.45) is 1.46. The van der Waals surface area contributed by atoms with Crippen LogP contribution in [0.3, 0.4) is 0 Å². The van der Waals surface area contributed by atoms with Crippen LogP contribution in [0.2, 0.25) is 0 Å². The van der Waals surface area contributed by atoms with Gasteiger partial charge in [0.1, 0.15) is 5.54 Å². The Balaban J connectivity index is 1.68. The smallest absolute Gasteiger partial charge is 0.254 e. The Bertz CT molecular complexity index is 763. The molecular weight excluding hydrogens is 326 g/mol. The molecule has 0 bridgehead atoms. The van der Waals surface area contributed by atoms with Gasteiger partial charge in [0.2, 0.25) is 5.91 Å². The Labute approximate surface area is 154 Å². The van der Waals surface area contributed by atoms with Gasteiger partial charge in [0, 0.05) is 24.7 Å². The molecule has 0 saturated carbocycles. The summed E-state index contributed by atoms with van der Waals surface area (Å²) in [6.45, 7) is 2.76. The van der Waals surface area contributed by atoms with Crippen molar-refractivity contribution in [3.8, 4) is 0 Å². The van der Waals surface area contributed by atoms with E-state index in [0.29, 0.717) is 25.1 Å². The van der Waals surface area contributed by atoms with E-state index in [2.05, 4.69) is 5.32 Å². The van der Waals surface area contributed by atoms with E-state index in [9.17, 15) is 9.59 Å². The van der Waals surface area contributed by atoms with Crippen LogP contribution < -0.4 is 11.1 Å². The highest BCUT2D eigenvalue weighted by Gasteiger charge is 2.45. The van der Waals surface area contributed by atoms with Gasteiger partial charge in [-0.15, -0.1) is 0 Å². The van der Waals surface area contributed by atoms with E-state index in [1.165, 1.54) is 0 Å². The Kier molecular flexibility index (Phi) is 5.38. The van der Waals surface area contributed by atoms with Crippen molar-refractivity contribution in [2.75, 3.05) is 13.1 Å². The van der Waals surface area contributed by atoms with Crippen molar-refractivity contribution in [3.05, 3.63) is 71.8 Å². The normalized spacial score (nSPS) is 20.6. The number of amides is 2. The number of carbonyl (C=O) groups is 2. The van der Waals surface area contributed by atoms with E-state index >= 15 is 0 Å². The van der Waals surface area contributed by atoms with E-state index in [1.54, 1.807) is 17.0 Å². The molecule has 2 aromatic carbocycles. The fourth-order valence-corrected chi connectivity index (χ4v) is 3.47. The lowest BCUT2D eigenvalue weighted by Gasteiger charge is -2.34. The molecule has 1 aliphatic rings. The molecule has 26 heavy (non-hydrogen) atoms. The third-order valence-corrected chi connectivity index (χ3v) is 5.11. The van der Waals surface area contributed by atoms with Crippen LogP contribution >= 0.6 is 0 Å². The zero-order chi connectivity index (χ0) is 18.6. The van der Waals surface area contributed by atoms with Gasteiger partial charge in [-0.3, -0.25) is 9.59 Å². The summed E-state index contributed by atoms with van der Waals surface area (Å²) < 4.78 is 0. The highest BCUT2D eigenvalue weighted by Crippen LogP contribution is 2.31. The number of hydrogen-bond acceptors (Lipinski definition) is 3. The Morgan fingerprint density at radius 2 is 1.73 bits per heavy atom. The molecule has 136 valence electrons. The topological polar surface area (TPSA) is 75.4 Å². The van der Waals surface area contributed by atoms with Crippen LogP contribution in [0.4, 0.5) is 0 Å². The lowest BCUT2D eigenvalue weighted by atomic mass is 9.96. The third-order valence-electron chi connectivity index (χ3n) is 5.11. The maximum atomic E-state index is 12.9. The first-order valence-corrected chi connectivity index (χ1v) is 8.98. The SMILES string of the molecule is CC1(C(=O)NCC(N)c2ccccc2)CCCN1C(=O)c1ccccc1. The van der Waals surface area contributed by atoms with Crippen molar-refractivity contribution in [1.29, 1.82) is 0 Å². The first-order valence-electron chi connectivity index (χ1n) is 8.98. The number of carbonyl (C=O) groups excluding carboxylic acids is 2. The lowest BCUT2D eigenvalue weighted by Crippen LogP contribution is -2.56. The fraction of sp³-hybridized carbons (Fsp3) is 0.333. The molecule has 5 nitrogen and oxygen atoms in total. The van der Waals surface area contributed by atoms with Crippen molar-refractivity contribution < 1.29 is 9.59 Å². The molecule has 1 fully saturated rings. The molecule has 1 aliphatic heterocycles. The lowest BCUT2D eigenvalue weighted by molar-refractivity contribution is -0.129. The van der Waals surface area contributed by atoms with E-state index in [0.717, 1.165) is 12.0 Å². The summed E-state index contributed by atoms with van der Waals surface area (Å²) in [5.74, 6) is -0.251. The fourth-order valence-electron chi connectivity index (χ4n) is 3.47. The second-order valence-corrected chi connectivity index (χ2v) is 6.93. The summed E-state index contributed by atoms with van der Waals surface area (Å²) in [7, 11) is 0. The molecular formula is C21H25N3O2. The Hall–Kier alpha value is -2.66. The summed E-state index contributed by atoms with van der Waals surface area (Å²) in [5.41, 5.74) is 6.91. The molecule has 3 rings (SSSR count). The van der Waals surface area contributed by atoms with Gasteiger partial charge in [0.25, 0.3) is 5.91 Å². The number of rotatable bonds is 5. The Morgan fingerprint density at radius 3 is 2.38 bits per heavy atom. The minimum Gasteiger partial charge on any atom is -0.352 e. The largest absolute Gasteiger partial charge is 0.352 e. The summed E-state index contributed by atoms with van der Waals surface area (Å²) >= 11 is 0. The van der Waals surface area contributed by atoms with Crippen molar-refractivity contribution in [2.24, 2.45) is 5.73 Å².